The number of rotatable bonds is 8. The van der Waals surface area contributed by atoms with Gasteiger partial charge in [-0.3, -0.25) is 0 Å². The molecule has 134 valence electrons. The van der Waals surface area contributed by atoms with Gasteiger partial charge in [0.25, 0.3) is 0 Å². The second-order valence-corrected chi connectivity index (χ2v) is 9.73. The van der Waals surface area contributed by atoms with Crippen molar-refractivity contribution in [2.24, 2.45) is 0 Å². The first-order valence-corrected chi connectivity index (χ1v) is 10.7. The highest BCUT2D eigenvalue weighted by atomic mass is 32.2. The molecule has 1 heterocycles. The lowest BCUT2D eigenvalue weighted by Crippen LogP contribution is -2.22. The molecule has 2 aromatic rings. The van der Waals surface area contributed by atoms with Gasteiger partial charge >= 0.3 is 0 Å². The van der Waals surface area contributed by atoms with Gasteiger partial charge in [0.05, 0.1) is 15.9 Å². The van der Waals surface area contributed by atoms with E-state index in [1.54, 1.807) is 38.0 Å². The number of sulfonamides is 1. The molecule has 0 fully saturated rings. The number of aromatic nitrogens is 2. The molecule has 0 aliphatic rings. The van der Waals surface area contributed by atoms with Crippen molar-refractivity contribution < 1.29 is 8.42 Å². The maximum absolute atomic E-state index is 12.3. The summed E-state index contributed by atoms with van der Waals surface area (Å²) in [6.45, 7) is 7.43. The highest BCUT2D eigenvalue weighted by molar-refractivity contribution is 7.99. The number of thioether (sulfide) groups is 1. The lowest BCUT2D eigenvalue weighted by Gasteiger charge is -2.12. The van der Waals surface area contributed by atoms with Gasteiger partial charge in [0, 0.05) is 25.9 Å². The lowest BCUT2D eigenvalue weighted by atomic mass is 10.3. The summed E-state index contributed by atoms with van der Waals surface area (Å²) in [6, 6.07) is 5.25. The van der Waals surface area contributed by atoms with E-state index in [9.17, 15) is 8.42 Å². The molecule has 1 unspecified atom stereocenters. The van der Waals surface area contributed by atoms with E-state index in [-0.39, 0.29) is 0 Å². The second-order valence-electron chi connectivity index (χ2n) is 6.17. The van der Waals surface area contributed by atoms with Gasteiger partial charge in [-0.2, -0.15) is 0 Å². The van der Waals surface area contributed by atoms with E-state index in [0.29, 0.717) is 10.1 Å². The molecule has 1 aromatic carbocycles. The van der Waals surface area contributed by atoms with Crippen LogP contribution in [0.4, 0.5) is 0 Å². The Kier molecular flexibility index (Phi) is 6.33. The van der Waals surface area contributed by atoms with Crippen molar-refractivity contribution in [2.45, 2.75) is 61.9 Å². The fourth-order valence-electron chi connectivity index (χ4n) is 2.34. The van der Waals surface area contributed by atoms with Crippen LogP contribution in [0.25, 0.3) is 11.0 Å². The van der Waals surface area contributed by atoms with Crippen LogP contribution in [0.5, 0.6) is 0 Å². The van der Waals surface area contributed by atoms with Gasteiger partial charge in [-0.15, -0.1) is 0 Å². The number of fused-ring (bicyclic) bond motifs is 1. The Balaban J connectivity index is 2.53. The molecule has 0 aliphatic heterocycles. The molecule has 5 nitrogen and oxygen atoms in total. The predicted molar refractivity (Wildman–Crippen MR) is 101 cm³/mol. The molecule has 2 rings (SSSR count). The summed E-state index contributed by atoms with van der Waals surface area (Å²) >= 11 is 1.76. The van der Waals surface area contributed by atoms with Crippen LogP contribution >= 0.6 is 11.8 Å². The Labute approximate surface area is 149 Å². The van der Waals surface area contributed by atoms with Crippen LogP contribution in [0.1, 0.15) is 40.0 Å². The molecule has 0 bridgehead atoms. The first kappa shape index (κ1) is 19.3. The zero-order valence-corrected chi connectivity index (χ0v) is 16.7. The molecule has 1 aromatic heterocycles. The quantitative estimate of drug-likeness (QED) is 0.661. The molecule has 1 atom stereocenters. The molecule has 7 heteroatoms. The highest BCUT2D eigenvalue weighted by Crippen LogP contribution is 2.30. The average Bonchev–Trinajstić information content (AvgIpc) is 2.88. The summed E-state index contributed by atoms with van der Waals surface area (Å²) in [5.41, 5.74) is 1.76. The van der Waals surface area contributed by atoms with Crippen molar-refractivity contribution in [1.29, 1.82) is 0 Å². The molecule has 0 spiro atoms. The summed E-state index contributed by atoms with van der Waals surface area (Å²) in [5, 5.41) is 1.46. The van der Waals surface area contributed by atoms with Gasteiger partial charge in [0.1, 0.15) is 0 Å². The van der Waals surface area contributed by atoms with E-state index in [1.807, 2.05) is 6.07 Å². The van der Waals surface area contributed by atoms with Crippen LogP contribution < -0.4 is 0 Å². The number of benzene rings is 1. The average molecular weight is 370 g/mol. The molecular formula is C17H27N3O2S2. The predicted octanol–water partition coefficient (Wildman–Crippen LogP) is 3.98. The minimum absolute atomic E-state index is 0.292. The first-order valence-electron chi connectivity index (χ1n) is 8.40. The van der Waals surface area contributed by atoms with Crippen molar-refractivity contribution >= 4 is 32.8 Å². The minimum Gasteiger partial charge on any atom is -0.319 e. The van der Waals surface area contributed by atoms with Gasteiger partial charge in [-0.25, -0.2) is 17.7 Å². The zero-order valence-electron chi connectivity index (χ0n) is 15.1. The fraction of sp³-hybridized carbons (Fsp3) is 0.588. The number of aryl methyl sites for hydroxylation is 1. The van der Waals surface area contributed by atoms with Crippen molar-refractivity contribution in [3.63, 3.8) is 0 Å². The van der Waals surface area contributed by atoms with Gasteiger partial charge in [-0.1, -0.05) is 39.0 Å². The number of unbranched alkanes of at least 4 members (excludes halogenated alkanes) is 1. The molecule has 0 saturated carbocycles. The molecule has 0 amide bonds. The smallest absolute Gasteiger partial charge is 0.242 e. The maximum atomic E-state index is 12.3. The van der Waals surface area contributed by atoms with Gasteiger partial charge in [-0.05, 0) is 31.0 Å². The Hall–Kier alpha value is -1.05. The largest absolute Gasteiger partial charge is 0.319 e. The van der Waals surface area contributed by atoms with Crippen molar-refractivity contribution in [3.05, 3.63) is 18.2 Å². The van der Waals surface area contributed by atoms with Crippen LogP contribution in [-0.2, 0) is 16.6 Å². The Morgan fingerprint density at radius 1 is 1.29 bits per heavy atom. The van der Waals surface area contributed by atoms with Crippen LogP contribution in [-0.4, -0.2) is 41.6 Å². The monoisotopic (exact) mass is 369 g/mol. The van der Waals surface area contributed by atoms with E-state index >= 15 is 0 Å². The van der Waals surface area contributed by atoms with Crippen molar-refractivity contribution in [3.8, 4) is 0 Å². The van der Waals surface area contributed by atoms with Crippen LogP contribution in [0.15, 0.2) is 28.3 Å². The van der Waals surface area contributed by atoms with E-state index < -0.39 is 10.0 Å². The standard InChI is InChI=1S/C17H27N3O2S2/c1-6-8-11-20-16-10-9-14(24(21,22)19(4)5)12-15(16)18-17(20)23-13(3)7-2/h9-10,12-13H,6-8,11H2,1-5H3. The van der Waals surface area contributed by atoms with Gasteiger partial charge in [0.15, 0.2) is 5.16 Å². The summed E-state index contributed by atoms with van der Waals surface area (Å²) < 4.78 is 28.2. The molecule has 0 radical (unpaired) electrons. The first-order chi connectivity index (χ1) is 11.3. The van der Waals surface area contributed by atoms with E-state index in [0.717, 1.165) is 42.0 Å². The third kappa shape index (κ3) is 3.95. The Morgan fingerprint density at radius 2 is 2.00 bits per heavy atom. The van der Waals surface area contributed by atoms with Crippen molar-refractivity contribution in [2.75, 3.05) is 14.1 Å². The third-order valence-corrected chi connectivity index (χ3v) is 7.15. The second kappa shape index (κ2) is 7.89. The third-order valence-electron chi connectivity index (χ3n) is 4.08. The number of hydrogen-bond acceptors (Lipinski definition) is 4. The molecule has 24 heavy (non-hydrogen) atoms. The summed E-state index contributed by atoms with van der Waals surface area (Å²) in [4.78, 5) is 5.02. The van der Waals surface area contributed by atoms with E-state index in [1.165, 1.54) is 4.31 Å². The Morgan fingerprint density at radius 3 is 2.58 bits per heavy atom. The van der Waals surface area contributed by atoms with Crippen LogP contribution in [0.3, 0.4) is 0 Å². The SMILES string of the molecule is CCCCn1c(SC(C)CC)nc2cc(S(=O)(=O)N(C)C)ccc21. The molecule has 0 N–H and O–H groups in total. The molecular weight excluding hydrogens is 342 g/mol. The summed E-state index contributed by atoms with van der Waals surface area (Å²) in [5.74, 6) is 0. The van der Waals surface area contributed by atoms with E-state index in [4.69, 9.17) is 4.98 Å². The molecule has 0 aliphatic carbocycles. The fourth-order valence-corrected chi connectivity index (χ4v) is 4.26. The Bertz CT molecular complexity index is 798. The summed E-state index contributed by atoms with van der Waals surface area (Å²) in [6.07, 6.45) is 3.26. The number of hydrogen-bond donors (Lipinski definition) is 0. The van der Waals surface area contributed by atoms with Crippen molar-refractivity contribution in [1.82, 2.24) is 13.9 Å². The van der Waals surface area contributed by atoms with Gasteiger partial charge in [0.2, 0.25) is 10.0 Å². The minimum atomic E-state index is -3.44. The number of nitrogens with zero attached hydrogens (tertiary/aromatic N) is 3. The zero-order chi connectivity index (χ0) is 17.9. The van der Waals surface area contributed by atoms with E-state index in [2.05, 4.69) is 25.3 Å². The van der Waals surface area contributed by atoms with Crippen LogP contribution in [0.2, 0.25) is 0 Å². The molecule has 0 saturated heterocycles. The number of imidazole rings is 1. The van der Waals surface area contributed by atoms with Gasteiger partial charge < -0.3 is 4.57 Å². The lowest BCUT2D eigenvalue weighted by molar-refractivity contribution is 0.521. The summed E-state index contributed by atoms with van der Waals surface area (Å²) in [7, 11) is -0.349. The van der Waals surface area contributed by atoms with Crippen LogP contribution in [0, 0.1) is 0 Å². The topological polar surface area (TPSA) is 55.2 Å². The highest BCUT2D eigenvalue weighted by Gasteiger charge is 2.20. The normalized spacial score (nSPS) is 13.8. The maximum Gasteiger partial charge on any atom is 0.242 e.